The number of fused-ring (bicyclic) bond motifs is 1. The van der Waals surface area contributed by atoms with Gasteiger partial charge in [0.05, 0.1) is 12.1 Å². The summed E-state index contributed by atoms with van der Waals surface area (Å²) >= 11 is 0. The second kappa shape index (κ2) is 4.99. The fourth-order valence-corrected chi connectivity index (χ4v) is 2.26. The molecule has 0 unspecified atom stereocenters. The summed E-state index contributed by atoms with van der Waals surface area (Å²) < 4.78 is 1.59. The van der Waals surface area contributed by atoms with Crippen LogP contribution in [0.5, 0.6) is 0 Å². The van der Waals surface area contributed by atoms with E-state index in [9.17, 15) is 9.90 Å². The van der Waals surface area contributed by atoms with E-state index in [1.54, 1.807) is 29.1 Å². The van der Waals surface area contributed by atoms with Crippen LogP contribution >= 0.6 is 0 Å². The Hall–Kier alpha value is -2.73. The average molecular weight is 282 g/mol. The Bertz CT molecular complexity index is 839. The quantitative estimate of drug-likeness (QED) is 0.757. The molecule has 6 nitrogen and oxygen atoms in total. The molecule has 1 amide bonds. The molecule has 0 spiro atoms. The number of nitrogens with two attached hydrogens (primary N) is 1. The summed E-state index contributed by atoms with van der Waals surface area (Å²) in [7, 11) is 0. The van der Waals surface area contributed by atoms with Gasteiger partial charge in [-0.1, -0.05) is 6.07 Å². The van der Waals surface area contributed by atoms with Crippen LogP contribution in [0.2, 0.25) is 0 Å². The monoisotopic (exact) mass is 282 g/mol. The van der Waals surface area contributed by atoms with Crippen molar-refractivity contribution in [2.75, 3.05) is 0 Å². The van der Waals surface area contributed by atoms with Crippen LogP contribution in [0.3, 0.4) is 0 Å². The molecular formula is C15H14N4O2. The molecule has 0 aliphatic heterocycles. The molecule has 0 saturated heterocycles. The number of benzene rings is 1. The van der Waals surface area contributed by atoms with E-state index in [-0.39, 0.29) is 12.3 Å². The predicted molar refractivity (Wildman–Crippen MR) is 78.0 cm³/mol. The molecule has 106 valence electrons. The standard InChI is InChI=1S/C15H14N4O2/c1-9-4-5-17-13(6-9)19-12-3-2-10(8-20)7-11(12)14(18-19)15(16)21/h2-7,20H,8H2,1H3,(H2,16,21). The summed E-state index contributed by atoms with van der Waals surface area (Å²) in [6.07, 6.45) is 1.68. The average Bonchev–Trinajstić information content (AvgIpc) is 2.86. The largest absolute Gasteiger partial charge is 0.392 e. The number of primary amides is 1. The van der Waals surface area contributed by atoms with Crippen LogP contribution in [0, 0.1) is 6.92 Å². The van der Waals surface area contributed by atoms with Gasteiger partial charge in [0, 0.05) is 11.6 Å². The highest BCUT2D eigenvalue weighted by Gasteiger charge is 2.16. The smallest absolute Gasteiger partial charge is 0.269 e. The van der Waals surface area contributed by atoms with Crippen LogP contribution in [0.1, 0.15) is 21.6 Å². The van der Waals surface area contributed by atoms with Crippen molar-refractivity contribution in [1.29, 1.82) is 0 Å². The molecule has 1 aromatic carbocycles. The van der Waals surface area contributed by atoms with Crippen molar-refractivity contribution in [3.63, 3.8) is 0 Å². The molecule has 0 fully saturated rings. The number of aliphatic hydroxyl groups is 1. The van der Waals surface area contributed by atoms with Gasteiger partial charge in [0.1, 0.15) is 0 Å². The summed E-state index contributed by atoms with van der Waals surface area (Å²) in [4.78, 5) is 15.9. The summed E-state index contributed by atoms with van der Waals surface area (Å²) in [5.41, 5.74) is 8.02. The van der Waals surface area contributed by atoms with E-state index >= 15 is 0 Å². The fraction of sp³-hybridized carbons (Fsp3) is 0.133. The number of hydrogen-bond donors (Lipinski definition) is 2. The number of amides is 1. The van der Waals surface area contributed by atoms with Gasteiger partial charge in [-0.15, -0.1) is 0 Å². The lowest BCUT2D eigenvalue weighted by Gasteiger charge is -2.03. The highest BCUT2D eigenvalue weighted by molar-refractivity contribution is 6.04. The molecule has 3 N–H and O–H groups in total. The molecule has 0 bridgehead atoms. The van der Waals surface area contributed by atoms with Crippen LogP contribution in [0.4, 0.5) is 0 Å². The van der Waals surface area contributed by atoms with Gasteiger partial charge >= 0.3 is 0 Å². The third-order valence-electron chi connectivity index (χ3n) is 3.28. The second-order valence-corrected chi connectivity index (χ2v) is 4.83. The lowest BCUT2D eigenvalue weighted by atomic mass is 10.1. The third-order valence-corrected chi connectivity index (χ3v) is 3.28. The van der Waals surface area contributed by atoms with Crippen LogP contribution < -0.4 is 5.73 Å². The number of rotatable bonds is 3. The first-order valence-electron chi connectivity index (χ1n) is 6.45. The molecule has 0 atom stereocenters. The summed E-state index contributed by atoms with van der Waals surface area (Å²) in [5.74, 6) is 0.00532. The first-order chi connectivity index (χ1) is 10.1. The zero-order valence-corrected chi connectivity index (χ0v) is 11.4. The topological polar surface area (TPSA) is 94.0 Å². The summed E-state index contributed by atoms with van der Waals surface area (Å²) in [6.45, 7) is 1.84. The maximum atomic E-state index is 11.6. The van der Waals surface area contributed by atoms with Gasteiger partial charge in [-0.3, -0.25) is 4.79 Å². The van der Waals surface area contributed by atoms with Crippen molar-refractivity contribution in [3.8, 4) is 5.82 Å². The number of aliphatic hydroxyl groups excluding tert-OH is 1. The Labute approximate surface area is 120 Å². The molecule has 2 heterocycles. The fourth-order valence-electron chi connectivity index (χ4n) is 2.26. The van der Waals surface area contributed by atoms with E-state index in [0.29, 0.717) is 16.8 Å². The van der Waals surface area contributed by atoms with Gasteiger partial charge in [0.15, 0.2) is 11.5 Å². The van der Waals surface area contributed by atoms with Gasteiger partial charge in [-0.2, -0.15) is 5.10 Å². The normalized spacial score (nSPS) is 11.0. The Kier molecular flexibility index (Phi) is 3.15. The molecular weight excluding hydrogens is 268 g/mol. The SMILES string of the molecule is Cc1ccnc(-n2nc(C(N)=O)c3cc(CO)ccc32)c1. The number of pyridine rings is 1. The van der Waals surface area contributed by atoms with Crippen molar-refractivity contribution in [1.82, 2.24) is 14.8 Å². The van der Waals surface area contributed by atoms with Gasteiger partial charge in [-0.25, -0.2) is 9.67 Å². The molecule has 0 saturated carbocycles. The van der Waals surface area contributed by atoms with Gasteiger partial charge in [-0.05, 0) is 42.3 Å². The number of carbonyl (C=O) groups excluding carboxylic acids is 1. The minimum absolute atomic E-state index is 0.109. The van der Waals surface area contributed by atoms with E-state index in [1.807, 2.05) is 19.1 Å². The van der Waals surface area contributed by atoms with Crippen molar-refractivity contribution in [2.24, 2.45) is 5.73 Å². The first-order valence-corrected chi connectivity index (χ1v) is 6.45. The van der Waals surface area contributed by atoms with Gasteiger partial charge in [0.25, 0.3) is 5.91 Å². The van der Waals surface area contributed by atoms with E-state index in [1.165, 1.54) is 0 Å². The zero-order chi connectivity index (χ0) is 15.0. The number of nitrogens with zero attached hydrogens (tertiary/aromatic N) is 3. The lowest BCUT2D eigenvalue weighted by Crippen LogP contribution is -2.12. The highest BCUT2D eigenvalue weighted by Crippen LogP contribution is 2.23. The lowest BCUT2D eigenvalue weighted by molar-refractivity contribution is 0.0996. The molecule has 3 aromatic rings. The number of carbonyl (C=O) groups is 1. The van der Waals surface area contributed by atoms with Crippen LogP contribution in [-0.2, 0) is 6.61 Å². The molecule has 6 heteroatoms. The van der Waals surface area contributed by atoms with E-state index < -0.39 is 5.91 Å². The van der Waals surface area contributed by atoms with Gasteiger partial charge in [0.2, 0.25) is 0 Å². The number of aromatic nitrogens is 3. The Balaban J connectivity index is 2.31. The Morgan fingerprint density at radius 1 is 1.33 bits per heavy atom. The predicted octanol–water partition coefficient (Wildman–Crippen LogP) is 1.32. The minimum atomic E-state index is -0.610. The van der Waals surface area contributed by atoms with E-state index in [0.717, 1.165) is 11.1 Å². The molecule has 21 heavy (non-hydrogen) atoms. The Morgan fingerprint density at radius 2 is 2.14 bits per heavy atom. The minimum Gasteiger partial charge on any atom is -0.392 e. The van der Waals surface area contributed by atoms with Gasteiger partial charge < -0.3 is 10.8 Å². The Morgan fingerprint density at radius 3 is 2.81 bits per heavy atom. The van der Waals surface area contributed by atoms with Crippen LogP contribution in [0.15, 0.2) is 36.5 Å². The first kappa shape index (κ1) is 13.3. The zero-order valence-electron chi connectivity index (χ0n) is 11.4. The highest BCUT2D eigenvalue weighted by atomic mass is 16.3. The van der Waals surface area contributed by atoms with Crippen molar-refractivity contribution in [2.45, 2.75) is 13.5 Å². The van der Waals surface area contributed by atoms with E-state index in [2.05, 4.69) is 10.1 Å². The molecule has 0 aliphatic rings. The second-order valence-electron chi connectivity index (χ2n) is 4.83. The summed E-state index contributed by atoms with van der Waals surface area (Å²) in [5, 5.41) is 14.1. The molecule has 2 aromatic heterocycles. The third kappa shape index (κ3) is 2.25. The van der Waals surface area contributed by atoms with E-state index in [4.69, 9.17) is 5.73 Å². The van der Waals surface area contributed by atoms with Crippen molar-refractivity contribution < 1.29 is 9.90 Å². The maximum Gasteiger partial charge on any atom is 0.269 e. The number of aryl methyl sites for hydroxylation is 1. The van der Waals surface area contributed by atoms with Crippen LogP contribution in [0.25, 0.3) is 16.7 Å². The van der Waals surface area contributed by atoms with Crippen molar-refractivity contribution >= 4 is 16.8 Å². The molecule has 0 aliphatic carbocycles. The van der Waals surface area contributed by atoms with Crippen LogP contribution in [-0.4, -0.2) is 25.8 Å². The molecule has 0 radical (unpaired) electrons. The molecule has 3 rings (SSSR count). The number of hydrogen-bond acceptors (Lipinski definition) is 4. The maximum absolute atomic E-state index is 11.6. The van der Waals surface area contributed by atoms with Crippen molar-refractivity contribution in [3.05, 3.63) is 53.3 Å². The summed E-state index contributed by atoms with van der Waals surface area (Å²) in [6, 6.07) is 9.05.